The molecule has 2 rings (SSSR count). The van der Waals surface area contributed by atoms with E-state index in [1.165, 1.54) is 0 Å². The molecule has 0 spiro atoms. The van der Waals surface area contributed by atoms with Gasteiger partial charge in [0.15, 0.2) is 0 Å². The summed E-state index contributed by atoms with van der Waals surface area (Å²) in [6.07, 6.45) is 5.13. The second-order valence-corrected chi connectivity index (χ2v) is 3.30. The molecule has 2 aromatic heterocycles. The van der Waals surface area contributed by atoms with Crippen molar-refractivity contribution < 1.29 is 0 Å². The molecule has 2 aromatic rings. The lowest BCUT2D eigenvalue weighted by Crippen LogP contribution is -1.93. The van der Waals surface area contributed by atoms with E-state index < -0.39 is 0 Å². The first-order chi connectivity index (χ1) is 7.27. The van der Waals surface area contributed by atoms with E-state index in [2.05, 4.69) is 20.3 Å². The fraction of sp³-hybridized carbons (Fsp3) is 0.111. The van der Waals surface area contributed by atoms with Gasteiger partial charge in [-0.3, -0.25) is 10.1 Å². The highest BCUT2D eigenvalue weighted by Crippen LogP contribution is 1.96. The van der Waals surface area contributed by atoms with Crippen LogP contribution in [0.2, 0.25) is 0 Å². The highest BCUT2D eigenvalue weighted by Gasteiger charge is 1.96. The van der Waals surface area contributed by atoms with Crippen LogP contribution in [0.4, 0.5) is 0 Å². The molecule has 2 heterocycles. The van der Waals surface area contributed by atoms with Crippen LogP contribution in [0.3, 0.4) is 0 Å². The van der Waals surface area contributed by atoms with Crippen LogP contribution in [0, 0.1) is 11.7 Å². The standard InChI is InChI=1S/C9H9N5S/c1-7-12-13-9(15)14(7)11-6-8-2-4-10-5-3-8/h2-6H,1H3,(H,13,15). The normalized spacial score (nSPS) is 11.0. The van der Waals surface area contributed by atoms with E-state index in [1.54, 1.807) is 23.3 Å². The van der Waals surface area contributed by atoms with Gasteiger partial charge in [-0.1, -0.05) is 0 Å². The Bertz CT molecular complexity index is 525. The first kappa shape index (κ1) is 9.72. The van der Waals surface area contributed by atoms with Gasteiger partial charge in [-0.25, -0.2) is 0 Å². The van der Waals surface area contributed by atoms with Gasteiger partial charge in [0, 0.05) is 12.4 Å². The molecule has 0 bridgehead atoms. The van der Waals surface area contributed by atoms with E-state index in [4.69, 9.17) is 12.2 Å². The minimum atomic E-state index is 0.484. The summed E-state index contributed by atoms with van der Waals surface area (Å²) in [5.74, 6) is 0.727. The fourth-order valence-corrected chi connectivity index (χ4v) is 1.31. The predicted octanol–water partition coefficient (Wildman–Crippen LogP) is 1.53. The van der Waals surface area contributed by atoms with E-state index in [0.29, 0.717) is 4.77 Å². The Hall–Kier alpha value is -1.82. The summed E-state index contributed by atoms with van der Waals surface area (Å²) in [4.78, 5) is 3.92. The first-order valence-corrected chi connectivity index (χ1v) is 4.76. The van der Waals surface area contributed by atoms with Gasteiger partial charge in [-0.15, -0.1) is 0 Å². The van der Waals surface area contributed by atoms with Crippen LogP contribution in [0.15, 0.2) is 29.6 Å². The summed E-state index contributed by atoms with van der Waals surface area (Å²) < 4.78 is 2.05. The number of hydrogen-bond acceptors (Lipinski definition) is 4. The largest absolute Gasteiger partial charge is 0.265 e. The van der Waals surface area contributed by atoms with Crippen molar-refractivity contribution in [1.82, 2.24) is 19.9 Å². The summed E-state index contributed by atoms with van der Waals surface area (Å²) in [6, 6.07) is 3.73. The number of nitrogens with zero attached hydrogens (tertiary/aromatic N) is 4. The maximum Gasteiger partial charge on any atom is 0.216 e. The van der Waals surface area contributed by atoms with Crippen molar-refractivity contribution in [1.29, 1.82) is 0 Å². The zero-order valence-corrected chi connectivity index (χ0v) is 8.90. The fourth-order valence-electron chi connectivity index (χ4n) is 1.08. The lowest BCUT2D eigenvalue weighted by atomic mass is 10.3. The summed E-state index contributed by atoms with van der Waals surface area (Å²) >= 11 is 5.01. The topological polar surface area (TPSA) is 58.9 Å². The van der Waals surface area contributed by atoms with Gasteiger partial charge in [0.2, 0.25) is 4.77 Å². The van der Waals surface area contributed by atoms with Crippen LogP contribution >= 0.6 is 12.2 Å². The molecule has 0 radical (unpaired) electrons. The number of aromatic nitrogens is 4. The van der Waals surface area contributed by atoms with Crippen molar-refractivity contribution in [2.24, 2.45) is 5.10 Å². The molecular formula is C9H9N5S. The van der Waals surface area contributed by atoms with E-state index in [1.807, 2.05) is 19.1 Å². The summed E-state index contributed by atoms with van der Waals surface area (Å²) in [5, 5.41) is 10.8. The van der Waals surface area contributed by atoms with Crippen molar-refractivity contribution >= 4 is 18.4 Å². The monoisotopic (exact) mass is 219 g/mol. The molecule has 15 heavy (non-hydrogen) atoms. The highest BCUT2D eigenvalue weighted by molar-refractivity contribution is 7.71. The molecular weight excluding hydrogens is 210 g/mol. The van der Waals surface area contributed by atoms with Crippen LogP contribution in [-0.2, 0) is 0 Å². The third-order valence-corrected chi connectivity index (χ3v) is 2.10. The van der Waals surface area contributed by atoms with Crippen LogP contribution < -0.4 is 0 Å². The van der Waals surface area contributed by atoms with E-state index in [9.17, 15) is 0 Å². The summed E-state index contributed by atoms with van der Waals surface area (Å²) in [7, 11) is 0. The molecule has 0 aromatic carbocycles. The minimum absolute atomic E-state index is 0.484. The molecule has 0 fully saturated rings. The zero-order valence-electron chi connectivity index (χ0n) is 8.08. The SMILES string of the molecule is Cc1n[nH]c(=S)n1N=Cc1ccncc1. The van der Waals surface area contributed by atoms with Gasteiger partial charge in [0.05, 0.1) is 6.21 Å². The molecule has 0 aliphatic heterocycles. The minimum Gasteiger partial charge on any atom is -0.265 e. The Kier molecular flexibility index (Phi) is 2.68. The maximum absolute atomic E-state index is 5.01. The molecule has 0 saturated carbocycles. The van der Waals surface area contributed by atoms with E-state index >= 15 is 0 Å². The number of hydrogen-bond donors (Lipinski definition) is 1. The molecule has 0 unspecified atom stereocenters. The van der Waals surface area contributed by atoms with Gasteiger partial charge in [0.25, 0.3) is 0 Å². The number of pyridine rings is 1. The van der Waals surface area contributed by atoms with Gasteiger partial charge in [0.1, 0.15) is 5.82 Å². The summed E-state index contributed by atoms with van der Waals surface area (Å²) in [5.41, 5.74) is 0.965. The number of aryl methyl sites for hydroxylation is 1. The Labute approximate surface area is 91.5 Å². The number of aromatic amines is 1. The summed E-state index contributed by atoms with van der Waals surface area (Å²) in [6.45, 7) is 1.83. The van der Waals surface area contributed by atoms with Gasteiger partial charge in [-0.05, 0) is 36.8 Å². The van der Waals surface area contributed by atoms with Gasteiger partial charge < -0.3 is 0 Å². The molecule has 6 heteroatoms. The van der Waals surface area contributed by atoms with Crippen molar-refractivity contribution in [3.05, 3.63) is 40.7 Å². The zero-order chi connectivity index (χ0) is 10.7. The number of rotatable bonds is 2. The van der Waals surface area contributed by atoms with Crippen LogP contribution in [0.25, 0.3) is 0 Å². The van der Waals surface area contributed by atoms with Crippen LogP contribution in [-0.4, -0.2) is 26.1 Å². The van der Waals surface area contributed by atoms with Gasteiger partial charge >= 0.3 is 0 Å². The molecule has 0 amide bonds. The third-order valence-electron chi connectivity index (χ3n) is 1.84. The van der Waals surface area contributed by atoms with Gasteiger partial charge in [-0.2, -0.15) is 14.9 Å². The van der Waals surface area contributed by atoms with Crippen molar-refractivity contribution in [3.8, 4) is 0 Å². The molecule has 5 nitrogen and oxygen atoms in total. The Balaban J connectivity index is 2.30. The lowest BCUT2D eigenvalue weighted by molar-refractivity contribution is 0.821. The molecule has 1 N–H and O–H groups in total. The first-order valence-electron chi connectivity index (χ1n) is 4.36. The molecule has 0 saturated heterocycles. The molecule has 0 atom stereocenters. The second kappa shape index (κ2) is 4.14. The lowest BCUT2D eigenvalue weighted by Gasteiger charge is -1.93. The molecule has 76 valence electrons. The van der Waals surface area contributed by atoms with Crippen molar-refractivity contribution in [2.75, 3.05) is 0 Å². The highest BCUT2D eigenvalue weighted by atomic mass is 32.1. The second-order valence-electron chi connectivity index (χ2n) is 2.91. The van der Waals surface area contributed by atoms with Crippen LogP contribution in [0.5, 0.6) is 0 Å². The Morgan fingerprint density at radius 2 is 2.20 bits per heavy atom. The smallest absolute Gasteiger partial charge is 0.216 e. The Morgan fingerprint density at radius 3 is 2.80 bits per heavy atom. The maximum atomic E-state index is 5.01. The average molecular weight is 219 g/mol. The molecule has 0 aliphatic carbocycles. The van der Waals surface area contributed by atoms with Crippen molar-refractivity contribution in [2.45, 2.75) is 6.92 Å². The van der Waals surface area contributed by atoms with Crippen molar-refractivity contribution in [3.63, 3.8) is 0 Å². The van der Waals surface area contributed by atoms with E-state index in [-0.39, 0.29) is 0 Å². The third kappa shape index (κ3) is 2.16. The quantitative estimate of drug-likeness (QED) is 0.615. The Morgan fingerprint density at radius 1 is 1.47 bits per heavy atom. The van der Waals surface area contributed by atoms with Crippen LogP contribution in [0.1, 0.15) is 11.4 Å². The predicted molar refractivity (Wildman–Crippen MR) is 59.4 cm³/mol. The van der Waals surface area contributed by atoms with E-state index in [0.717, 1.165) is 11.4 Å². The molecule has 0 aliphatic rings. The number of nitrogens with one attached hydrogen (secondary N) is 1. The average Bonchev–Trinajstić information content (AvgIpc) is 2.58. The number of H-pyrrole nitrogens is 1.